The molecule has 0 fully saturated rings. The fraction of sp³-hybridized carbons (Fsp3) is 0.500. The van der Waals surface area contributed by atoms with Crippen molar-refractivity contribution in [2.75, 3.05) is 32.7 Å². The Morgan fingerprint density at radius 3 is 2.63 bits per heavy atom. The first-order valence-electron chi connectivity index (χ1n) is 6.35. The number of anilines is 1. The van der Waals surface area contributed by atoms with Crippen LogP contribution in [0.15, 0.2) is 12.1 Å². The number of hydrogen-bond acceptors (Lipinski definition) is 5. The number of carbonyl (C=O) groups is 1. The molecule has 2 rings (SSSR count). The van der Waals surface area contributed by atoms with E-state index in [2.05, 4.69) is 5.32 Å². The molecule has 0 aromatic heterocycles. The Morgan fingerprint density at radius 1 is 1.32 bits per heavy atom. The SMILES string of the molecule is CCOC(=O)C1CNc2c(OC)ccc(OC)c2C1. The molecule has 1 aromatic carbocycles. The Kier molecular flexibility index (Phi) is 4.14. The summed E-state index contributed by atoms with van der Waals surface area (Å²) in [7, 11) is 3.25. The summed E-state index contributed by atoms with van der Waals surface area (Å²) in [5, 5.41) is 3.24. The van der Waals surface area contributed by atoms with Gasteiger partial charge in [0.05, 0.1) is 32.4 Å². The van der Waals surface area contributed by atoms with Crippen molar-refractivity contribution in [3.05, 3.63) is 17.7 Å². The second-order valence-electron chi connectivity index (χ2n) is 4.36. The number of hydrogen-bond donors (Lipinski definition) is 1. The van der Waals surface area contributed by atoms with Crippen molar-refractivity contribution in [3.63, 3.8) is 0 Å². The molecule has 19 heavy (non-hydrogen) atoms. The molecule has 5 heteroatoms. The lowest BCUT2D eigenvalue weighted by Crippen LogP contribution is -2.31. The van der Waals surface area contributed by atoms with E-state index in [9.17, 15) is 4.79 Å². The second kappa shape index (κ2) is 5.82. The van der Waals surface area contributed by atoms with Crippen molar-refractivity contribution in [2.45, 2.75) is 13.3 Å². The zero-order valence-corrected chi connectivity index (χ0v) is 11.5. The van der Waals surface area contributed by atoms with Crippen molar-refractivity contribution >= 4 is 11.7 Å². The molecular weight excluding hydrogens is 246 g/mol. The Labute approximate surface area is 112 Å². The highest BCUT2D eigenvalue weighted by atomic mass is 16.5. The smallest absolute Gasteiger partial charge is 0.311 e. The zero-order chi connectivity index (χ0) is 13.8. The highest BCUT2D eigenvalue weighted by Gasteiger charge is 2.29. The van der Waals surface area contributed by atoms with E-state index in [-0.39, 0.29) is 11.9 Å². The zero-order valence-electron chi connectivity index (χ0n) is 11.5. The molecule has 5 nitrogen and oxygen atoms in total. The second-order valence-corrected chi connectivity index (χ2v) is 4.36. The summed E-state index contributed by atoms with van der Waals surface area (Å²) in [6, 6.07) is 3.71. The number of carbonyl (C=O) groups excluding carboxylic acids is 1. The van der Waals surface area contributed by atoms with Gasteiger partial charge in [0.1, 0.15) is 11.5 Å². The maximum Gasteiger partial charge on any atom is 0.311 e. The van der Waals surface area contributed by atoms with Crippen molar-refractivity contribution in [2.24, 2.45) is 5.92 Å². The Balaban J connectivity index is 2.30. The summed E-state index contributed by atoms with van der Waals surface area (Å²) in [5.41, 5.74) is 1.87. The van der Waals surface area contributed by atoms with Crippen LogP contribution in [0.5, 0.6) is 11.5 Å². The largest absolute Gasteiger partial charge is 0.496 e. The van der Waals surface area contributed by atoms with Gasteiger partial charge in [0.2, 0.25) is 0 Å². The van der Waals surface area contributed by atoms with E-state index >= 15 is 0 Å². The molecule has 1 N–H and O–H groups in total. The van der Waals surface area contributed by atoms with Crippen LogP contribution >= 0.6 is 0 Å². The van der Waals surface area contributed by atoms with Gasteiger partial charge in [-0.05, 0) is 25.5 Å². The van der Waals surface area contributed by atoms with Crippen molar-refractivity contribution in [1.82, 2.24) is 0 Å². The number of ether oxygens (including phenoxy) is 3. The lowest BCUT2D eigenvalue weighted by Gasteiger charge is -2.27. The van der Waals surface area contributed by atoms with Crippen LogP contribution in [-0.2, 0) is 16.0 Å². The summed E-state index contributed by atoms with van der Waals surface area (Å²) in [6.45, 7) is 2.76. The maximum atomic E-state index is 11.8. The summed E-state index contributed by atoms with van der Waals surface area (Å²) in [6.07, 6.45) is 0.599. The Morgan fingerprint density at radius 2 is 2.00 bits per heavy atom. The molecule has 1 aromatic rings. The van der Waals surface area contributed by atoms with Gasteiger partial charge in [-0.1, -0.05) is 0 Å². The van der Waals surface area contributed by atoms with E-state index in [1.165, 1.54) is 0 Å². The number of esters is 1. The van der Waals surface area contributed by atoms with Gasteiger partial charge < -0.3 is 19.5 Å². The summed E-state index contributed by atoms with van der Waals surface area (Å²) in [4.78, 5) is 11.8. The molecule has 1 unspecified atom stereocenters. The fourth-order valence-corrected chi connectivity index (χ4v) is 2.34. The predicted octanol–water partition coefficient (Wildman–Crippen LogP) is 1.85. The molecule has 0 saturated carbocycles. The minimum absolute atomic E-state index is 0.175. The maximum absolute atomic E-state index is 11.8. The van der Waals surface area contributed by atoms with Gasteiger partial charge in [-0.3, -0.25) is 4.79 Å². The first-order chi connectivity index (χ1) is 9.21. The van der Waals surface area contributed by atoms with E-state index in [4.69, 9.17) is 14.2 Å². The van der Waals surface area contributed by atoms with E-state index in [0.717, 1.165) is 22.7 Å². The van der Waals surface area contributed by atoms with Gasteiger partial charge in [-0.15, -0.1) is 0 Å². The number of fused-ring (bicyclic) bond motifs is 1. The van der Waals surface area contributed by atoms with Crippen molar-refractivity contribution in [3.8, 4) is 11.5 Å². The van der Waals surface area contributed by atoms with Gasteiger partial charge in [0, 0.05) is 12.1 Å². The van der Waals surface area contributed by atoms with Crippen LogP contribution < -0.4 is 14.8 Å². The number of rotatable bonds is 4. The Hall–Kier alpha value is -1.91. The van der Waals surface area contributed by atoms with E-state index < -0.39 is 0 Å². The minimum atomic E-state index is -0.187. The predicted molar refractivity (Wildman–Crippen MR) is 71.9 cm³/mol. The molecular formula is C14H19NO4. The molecule has 0 aliphatic carbocycles. The van der Waals surface area contributed by atoms with Gasteiger partial charge in [-0.2, -0.15) is 0 Å². The third-order valence-electron chi connectivity index (χ3n) is 3.27. The van der Waals surface area contributed by atoms with Crippen LogP contribution in [0.3, 0.4) is 0 Å². The highest BCUT2D eigenvalue weighted by Crippen LogP contribution is 2.39. The van der Waals surface area contributed by atoms with Gasteiger partial charge in [0.25, 0.3) is 0 Å². The summed E-state index contributed by atoms with van der Waals surface area (Å²) < 4.78 is 15.7. The average molecular weight is 265 g/mol. The molecule has 1 aliphatic heterocycles. The fourth-order valence-electron chi connectivity index (χ4n) is 2.34. The van der Waals surface area contributed by atoms with Crippen LogP contribution in [0.25, 0.3) is 0 Å². The van der Waals surface area contributed by atoms with Crippen LogP contribution in [-0.4, -0.2) is 33.3 Å². The van der Waals surface area contributed by atoms with Crippen LogP contribution in [0.2, 0.25) is 0 Å². The molecule has 104 valence electrons. The number of methoxy groups -OCH3 is 2. The topological polar surface area (TPSA) is 56.8 Å². The van der Waals surface area contributed by atoms with Gasteiger partial charge in [-0.25, -0.2) is 0 Å². The summed E-state index contributed by atoms with van der Waals surface area (Å²) in [5.74, 6) is 1.16. The molecule has 0 amide bonds. The molecule has 0 bridgehead atoms. The third kappa shape index (κ3) is 2.59. The molecule has 0 saturated heterocycles. The van der Waals surface area contributed by atoms with Crippen LogP contribution in [0, 0.1) is 5.92 Å². The van der Waals surface area contributed by atoms with Gasteiger partial charge in [0.15, 0.2) is 0 Å². The van der Waals surface area contributed by atoms with E-state index in [1.807, 2.05) is 19.1 Å². The van der Waals surface area contributed by atoms with Crippen molar-refractivity contribution < 1.29 is 19.0 Å². The molecule has 1 atom stereocenters. The third-order valence-corrected chi connectivity index (χ3v) is 3.27. The molecule has 1 heterocycles. The van der Waals surface area contributed by atoms with Crippen molar-refractivity contribution in [1.29, 1.82) is 0 Å². The van der Waals surface area contributed by atoms with E-state index in [0.29, 0.717) is 19.6 Å². The number of benzene rings is 1. The van der Waals surface area contributed by atoms with E-state index in [1.54, 1.807) is 14.2 Å². The molecule has 0 spiro atoms. The first kappa shape index (κ1) is 13.5. The standard InChI is InChI=1S/C14H19NO4/c1-4-19-14(16)9-7-10-11(17-2)5-6-12(18-3)13(10)15-8-9/h5-6,9,15H,4,7-8H2,1-3H3. The normalized spacial score (nSPS) is 17.1. The average Bonchev–Trinajstić information content (AvgIpc) is 2.45. The van der Waals surface area contributed by atoms with Crippen LogP contribution in [0.1, 0.15) is 12.5 Å². The summed E-state index contributed by atoms with van der Waals surface area (Å²) >= 11 is 0. The number of nitrogens with one attached hydrogen (secondary N) is 1. The molecule has 0 radical (unpaired) electrons. The Bertz CT molecular complexity index is 473. The van der Waals surface area contributed by atoms with Crippen LogP contribution in [0.4, 0.5) is 5.69 Å². The monoisotopic (exact) mass is 265 g/mol. The minimum Gasteiger partial charge on any atom is -0.496 e. The lowest BCUT2D eigenvalue weighted by atomic mass is 9.93. The highest BCUT2D eigenvalue weighted by molar-refractivity contribution is 5.77. The van der Waals surface area contributed by atoms with Gasteiger partial charge >= 0.3 is 5.97 Å². The lowest BCUT2D eigenvalue weighted by molar-refractivity contribution is -0.147. The quantitative estimate of drug-likeness (QED) is 0.842. The molecule has 1 aliphatic rings. The first-order valence-corrected chi connectivity index (χ1v) is 6.35.